The predicted octanol–water partition coefficient (Wildman–Crippen LogP) is 5.77. The second-order valence-corrected chi connectivity index (χ2v) is 9.77. The van der Waals surface area contributed by atoms with E-state index in [1.807, 2.05) is 0 Å². The van der Waals surface area contributed by atoms with Crippen molar-refractivity contribution in [2.24, 2.45) is 0 Å². The Balaban J connectivity index is 1.96. The van der Waals surface area contributed by atoms with Crippen LogP contribution in [0.15, 0.2) is 48.0 Å². The van der Waals surface area contributed by atoms with Gasteiger partial charge >= 0.3 is 0 Å². The lowest BCUT2D eigenvalue weighted by atomic mass is 9.95. The van der Waals surface area contributed by atoms with Crippen LogP contribution in [-0.2, 0) is 9.59 Å². The number of hydrogen-bond donors (Lipinski definition) is 2. The van der Waals surface area contributed by atoms with Crippen molar-refractivity contribution in [2.45, 2.75) is 52.0 Å². The molecule has 1 amide bonds. The molecule has 1 aliphatic heterocycles. The lowest BCUT2D eigenvalue weighted by molar-refractivity contribution is -0.140. The van der Waals surface area contributed by atoms with E-state index >= 15 is 0 Å². The van der Waals surface area contributed by atoms with E-state index in [0.717, 1.165) is 45.3 Å². The fourth-order valence-corrected chi connectivity index (χ4v) is 4.77. The lowest BCUT2D eigenvalue weighted by Crippen LogP contribution is -2.34. The zero-order valence-electron chi connectivity index (χ0n) is 21.9. The normalized spacial score (nSPS) is 17.1. The summed E-state index contributed by atoms with van der Waals surface area (Å²) in [6, 6.07) is 10.4. The Hall–Kier alpha value is -3.03. The minimum absolute atomic E-state index is 0.00823. The van der Waals surface area contributed by atoms with E-state index < -0.39 is 17.7 Å². The molecule has 2 aromatic carbocycles. The third kappa shape index (κ3) is 6.84. The van der Waals surface area contributed by atoms with E-state index in [1.54, 1.807) is 36.4 Å². The zero-order chi connectivity index (χ0) is 26.9. The van der Waals surface area contributed by atoms with E-state index in [4.69, 9.17) is 16.3 Å². The van der Waals surface area contributed by atoms with Crippen LogP contribution in [0.4, 0.5) is 0 Å². The topological polar surface area (TPSA) is 90.3 Å². The van der Waals surface area contributed by atoms with Gasteiger partial charge in [-0.25, -0.2) is 0 Å². The average Bonchev–Trinajstić information content (AvgIpc) is 3.15. The van der Waals surface area contributed by atoms with Gasteiger partial charge in [-0.1, -0.05) is 44.4 Å². The van der Waals surface area contributed by atoms with Gasteiger partial charge in [-0.15, -0.1) is 0 Å². The number of benzene rings is 2. The highest BCUT2D eigenvalue weighted by atomic mass is 35.5. The maximum absolute atomic E-state index is 13.3. The van der Waals surface area contributed by atoms with E-state index in [0.29, 0.717) is 29.1 Å². The molecule has 1 saturated heterocycles. The van der Waals surface area contributed by atoms with Gasteiger partial charge in [0.25, 0.3) is 11.7 Å². The van der Waals surface area contributed by atoms with E-state index in [2.05, 4.69) is 18.7 Å². The number of Topliss-reactive ketones (excluding diaryl/α,β-unsaturated/α-hetero) is 1. The summed E-state index contributed by atoms with van der Waals surface area (Å²) >= 11 is 6.00. The van der Waals surface area contributed by atoms with Gasteiger partial charge in [-0.05, 0) is 80.9 Å². The molecule has 1 atom stereocenters. The Morgan fingerprint density at radius 3 is 2.22 bits per heavy atom. The Bertz CT molecular complexity index is 1110. The highest BCUT2D eigenvalue weighted by molar-refractivity contribution is 6.46. The smallest absolute Gasteiger partial charge is 0.295 e. The second-order valence-electron chi connectivity index (χ2n) is 9.33. The van der Waals surface area contributed by atoms with Crippen molar-refractivity contribution < 1.29 is 24.5 Å². The Kier molecular flexibility index (Phi) is 10.4. The average molecular weight is 529 g/mol. The number of ketones is 1. The summed E-state index contributed by atoms with van der Waals surface area (Å²) < 4.78 is 5.28. The number of rotatable bonds is 13. The van der Waals surface area contributed by atoms with Crippen LogP contribution < -0.4 is 4.74 Å². The first-order valence-corrected chi connectivity index (χ1v) is 13.3. The number of ether oxygens (including phenoxy) is 1. The molecule has 2 aromatic rings. The number of likely N-dealkylation sites (tertiary alicyclic amines) is 1. The van der Waals surface area contributed by atoms with Gasteiger partial charge in [0.05, 0.1) is 18.7 Å². The summed E-state index contributed by atoms with van der Waals surface area (Å²) in [5.41, 5.74) is 0.968. The van der Waals surface area contributed by atoms with Gasteiger partial charge in [-0.3, -0.25) is 9.59 Å². The number of nitrogens with zero attached hydrogens (tertiary/aromatic N) is 2. The van der Waals surface area contributed by atoms with Crippen molar-refractivity contribution in [3.05, 3.63) is 64.2 Å². The first kappa shape index (κ1) is 28.5. The molecule has 8 heteroatoms. The number of unbranched alkanes of at least 4 members (excludes halogenated alkanes) is 2. The maximum atomic E-state index is 13.3. The number of aliphatic hydroxyl groups is 1. The van der Waals surface area contributed by atoms with E-state index in [9.17, 15) is 19.8 Å². The molecule has 3 rings (SSSR count). The number of methoxy groups -OCH3 is 1. The molecule has 0 saturated carbocycles. The van der Waals surface area contributed by atoms with Crippen molar-refractivity contribution in [3.63, 3.8) is 0 Å². The van der Waals surface area contributed by atoms with Crippen molar-refractivity contribution in [2.75, 3.05) is 33.3 Å². The predicted molar refractivity (Wildman–Crippen MR) is 146 cm³/mol. The van der Waals surface area contributed by atoms with Crippen molar-refractivity contribution >= 4 is 29.1 Å². The molecule has 7 nitrogen and oxygen atoms in total. The first-order chi connectivity index (χ1) is 17.8. The standard InChI is InChI=1S/C29H37ClN2O5/c1-4-6-15-31(16-7-5-2)17-8-18-32-26(21-11-14-23(33)24(19-21)37-3)25(28(35)29(32)36)27(34)20-9-12-22(30)13-10-20/h9-14,19,26,33-34H,4-8,15-18H2,1-3H3/t26-/m0/s1. The number of aliphatic hydroxyl groups excluding tert-OH is 1. The molecule has 0 unspecified atom stereocenters. The van der Waals surface area contributed by atoms with Gasteiger partial charge in [0.2, 0.25) is 0 Å². The van der Waals surface area contributed by atoms with Crippen LogP contribution in [0.25, 0.3) is 5.76 Å². The number of carbonyl (C=O) groups excluding carboxylic acids is 2. The number of halogens is 1. The lowest BCUT2D eigenvalue weighted by Gasteiger charge is -2.28. The van der Waals surface area contributed by atoms with E-state index in [-0.39, 0.29) is 22.8 Å². The summed E-state index contributed by atoms with van der Waals surface area (Å²) in [5.74, 6) is -1.48. The monoisotopic (exact) mass is 528 g/mol. The number of carbonyl (C=O) groups is 2. The highest BCUT2D eigenvalue weighted by Crippen LogP contribution is 2.41. The third-order valence-electron chi connectivity index (χ3n) is 6.71. The Morgan fingerprint density at radius 2 is 1.62 bits per heavy atom. The van der Waals surface area contributed by atoms with Crippen LogP contribution in [0.3, 0.4) is 0 Å². The SMILES string of the molecule is CCCCN(CCCC)CCCN1C(=O)C(=O)C(=C(O)c2ccc(Cl)cc2)[C@@H]1c1ccc(O)c(OC)c1. The molecule has 0 radical (unpaired) electrons. The Morgan fingerprint density at radius 1 is 1.00 bits per heavy atom. The zero-order valence-corrected chi connectivity index (χ0v) is 22.6. The minimum atomic E-state index is -0.815. The summed E-state index contributed by atoms with van der Waals surface area (Å²) in [7, 11) is 1.44. The van der Waals surface area contributed by atoms with Gasteiger partial charge in [0, 0.05) is 17.1 Å². The molecule has 1 fully saturated rings. The quantitative estimate of drug-likeness (QED) is 0.195. The largest absolute Gasteiger partial charge is 0.507 e. The van der Waals surface area contributed by atoms with Crippen LogP contribution in [0.1, 0.15) is 63.1 Å². The number of aromatic hydroxyl groups is 1. The molecule has 2 N–H and O–H groups in total. The molecule has 1 heterocycles. The molecular formula is C29H37ClN2O5. The van der Waals surface area contributed by atoms with Crippen molar-refractivity contribution in [1.82, 2.24) is 9.80 Å². The summed E-state index contributed by atoms with van der Waals surface area (Å²) in [5, 5.41) is 21.8. The van der Waals surface area contributed by atoms with Crippen molar-refractivity contribution in [1.29, 1.82) is 0 Å². The van der Waals surface area contributed by atoms with E-state index in [1.165, 1.54) is 18.1 Å². The molecule has 0 aliphatic carbocycles. The first-order valence-electron chi connectivity index (χ1n) is 13.0. The molecule has 0 spiro atoms. The molecule has 1 aliphatic rings. The molecular weight excluding hydrogens is 492 g/mol. The van der Waals surface area contributed by atoms with Crippen LogP contribution in [0.2, 0.25) is 5.02 Å². The van der Waals surface area contributed by atoms with Gasteiger partial charge < -0.3 is 24.7 Å². The highest BCUT2D eigenvalue weighted by Gasteiger charge is 2.46. The van der Waals surface area contributed by atoms with Crippen molar-refractivity contribution in [3.8, 4) is 11.5 Å². The Labute approximate surface area is 224 Å². The number of phenols is 1. The van der Waals surface area contributed by atoms with Gasteiger partial charge in [0.1, 0.15) is 5.76 Å². The molecule has 200 valence electrons. The summed E-state index contributed by atoms with van der Waals surface area (Å²) in [6.45, 7) is 7.51. The number of amides is 1. The molecule has 37 heavy (non-hydrogen) atoms. The fourth-order valence-electron chi connectivity index (χ4n) is 4.65. The fraction of sp³-hybridized carbons (Fsp3) is 0.448. The summed E-state index contributed by atoms with van der Waals surface area (Å²) in [4.78, 5) is 30.4. The third-order valence-corrected chi connectivity index (χ3v) is 6.96. The van der Waals surface area contributed by atoms with Crippen LogP contribution >= 0.6 is 11.6 Å². The van der Waals surface area contributed by atoms with Crippen LogP contribution in [0.5, 0.6) is 11.5 Å². The molecule has 0 bridgehead atoms. The minimum Gasteiger partial charge on any atom is -0.507 e. The molecule has 0 aromatic heterocycles. The van der Waals surface area contributed by atoms with Crippen LogP contribution in [0, 0.1) is 0 Å². The van der Waals surface area contributed by atoms with Gasteiger partial charge in [-0.2, -0.15) is 0 Å². The van der Waals surface area contributed by atoms with Crippen LogP contribution in [-0.4, -0.2) is 65.0 Å². The number of hydrogen-bond acceptors (Lipinski definition) is 6. The van der Waals surface area contributed by atoms with Gasteiger partial charge in [0.15, 0.2) is 11.5 Å². The number of phenolic OH excluding ortho intramolecular Hbond substituents is 1. The summed E-state index contributed by atoms with van der Waals surface area (Å²) in [6.07, 6.45) is 5.15. The maximum Gasteiger partial charge on any atom is 0.295 e. The second kappa shape index (κ2) is 13.5.